The van der Waals surface area contributed by atoms with Crippen molar-refractivity contribution >= 4 is 33.1 Å². The molecule has 10 nitrogen and oxygen atoms in total. The first-order valence-electron chi connectivity index (χ1n) is 14.1. The third-order valence-corrected chi connectivity index (χ3v) is 7.77. The van der Waals surface area contributed by atoms with Gasteiger partial charge < -0.3 is 10.1 Å². The fourth-order valence-electron chi connectivity index (χ4n) is 5.08. The molecule has 224 valence electrons. The number of benzene rings is 2. The lowest BCUT2D eigenvalue weighted by molar-refractivity contribution is 0.199. The van der Waals surface area contributed by atoms with Crippen molar-refractivity contribution in [2.45, 2.75) is 39.3 Å². The molecular formula is C32H36N6O4S. The third kappa shape index (κ3) is 8.52. The molecule has 0 spiro atoms. The summed E-state index contributed by atoms with van der Waals surface area (Å²) in [7, 11) is -3.33. The van der Waals surface area contributed by atoms with Gasteiger partial charge in [0.05, 0.1) is 18.1 Å². The first-order valence-corrected chi connectivity index (χ1v) is 16.0. The van der Waals surface area contributed by atoms with Crippen LogP contribution in [0.4, 0.5) is 21.9 Å². The second-order valence-electron chi connectivity index (χ2n) is 10.8. The Morgan fingerprint density at radius 3 is 2.33 bits per heavy atom. The Hall–Kier alpha value is -4.48. The van der Waals surface area contributed by atoms with Crippen LogP contribution in [0.15, 0.2) is 85.2 Å². The highest BCUT2D eigenvalue weighted by Crippen LogP contribution is 2.27. The van der Waals surface area contributed by atoms with E-state index in [9.17, 15) is 13.2 Å². The second kappa shape index (κ2) is 13.2. The lowest BCUT2D eigenvalue weighted by Gasteiger charge is -2.38. The van der Waals surface area contributed by atoms with E-state index in [4.69, 9.17) is 4.74 Å². The molecule has 3 heterocycles. The SMILES string of the molecule is Cc1cccc(N(C(=O)Nc2ccc(C)nc2)C2CCN(Cc3ccc(Oc4ccc(NS(C)(=O)=O)cc4)nc3)CC2)c1. The molecule has 1 aliphatic rings. The molecule has 4 aromatic rings. The summed E-state index contributed by atoms with van der Waals surface area (Å²) in [6.45, 7) is 6.39. The van der Waals surface area contributed by atoms with Crippen molar-refractivity contribution in [3.63, 3.8) is 0 Å². The van der Waals surface area contributed by atoms with Crippen LogP contribution < -0.4 is 19.7 Å². The zero-order valence-electron chi connectivity index (χ0n) is 24.5. The molecule has 1 saturated heterocycles. The van der Waals surface area contributed by atoms with Crippen LogP contribution in [0, 0.1) is 13.8 Å². The Labute approximate surface area is 252 Å². The summed E-state index contributed by atoms with van der Waals surface area (Å²) in [6.07, 6.45) is 6.28. The first-order chi connectivity index (χ1) is 20.6. The Balaban J connectivity index is 1.18. The molecule has 0 atom stereocenters. The Morgan fingerprint density at radius 1 is 0.953 bits per heavy atom. The van der Waals surface area contributed by atoms with Gasteiger partial charge in [-0.2, -0.15) is 0 Å². The molecule has 2 aromatic carbocycles. The molecule has 2 N–H and O–H groups in total. The average molecular weight is 601 g/mol. The van der Waals surface area contributed by atoms with E-state index in [1.807, 2.05) is 67.4 Å². The van der Waals surface area contributed by atoms with E-state index < -0.39 is 10.0 Å². The van der Waals surface area contributed by atoms with Crippen LogP contribution in [0.2, 0.25) is 0 Å². The minimum Gasteiger partial charge on any atom is -0.439 e. The number of rotatable bonds is 9. The minimum atomic E-state index is -3.33. The summed E-state index contributed by atoms with van der Waals surface area (Å²) in [5, 5.41) is 3.03. The van der Waals surface area contributed by atoms with Crippen LogP contribution in [0.3, 0.4) is 0 Å². The number of carbonyl (C=O) groups excluding carboxylic acids is 1. The highest BCUT2D eigenvalue weighted by molar-refractivity contribution is 7.92. The summed E-state index contributed by atoms with van der Waals surface area (Å²) < 4.78 is 31.0. The number of pyridine rings is 2. The Morgan fingerprint density at radius 2 is 1.70 bits per heavy atom. The van der Waals surface area contributed by atoms with Crippen LogP contribution >= 0.6 is 0 Å². The Bertz CT molecular complexity index is 1640. The summed E-state index contributed by atoms with van der Waals surface area (Å²) in [5.41, 5.74) is 5.09. The van der Waals surface area contributed by atoms with Gasteiger partial charge in [0.25, 0.3) is 0 Å². The monoisotopic (exact) mass is 600 g/mol. The van der Waals surface area contributed by atoms with Crippen LogP contribution in [0.25, 0.3) is 0 Å². The van der Waals surface area contributed by atoms with E-state index >= 15 is 0 Å². The lowest BCUT2D eigenvalue weighted by Crippen LogP contribution is -2.49. The molecule has 0 saturated carbocycles. The van der Waals surface area contributed by atoms with Gasteiger partial charge in [0.2, 0.25) is 15.9 Å². The largest absolute Gasteiger partial charge is 0.439 e. The number of nitrogens with zero attached hydrogens (tertiary/aromatic N) is 4. The van der Waals surface area contributed by atoms with Crippen molar-refractivity contribution in [2.75, 3.05) is 34.3 Å². The van der Waals surface area contributed by atoms with E-state index in [1.165, 1.54) is 0 Å². The van der Waals surface area contributed by atoms with Gasteiger partial charge >= 0.3 is 6.03 Å². The van der Waals surface area contributed by atoms with Gasteiger partial charge in [-0.25, -0.2) is 18.2 Å². The minimum absolute atomic E-state index is 0.0596. The lowest BCUT2D eigenvalue weighted by atomic mass is 10.0. The first kappa shape index (κ1) is 30.0. The predicted octanol–water partition coefficient (Wildman–Crippen LogP) is 5.96. The van der Waals surface area contributed by atoms with E-state index in [0.29, 0.717) is 23.0 Å². The molecule has 2 amide bonds. The topological polar surface area (TPSA) is 117 Å². The van der Waals surface area contributed by atoms with Crippen LogP contribution in [-0.2, 0) is 16.6 Å². The van der Waals surface area contributed by atoms with Gasteiger partial charge in [-0.15, -0.1) is 0 Å². The number of nitrogens with one attached hydrogen (secondary N) is 2. The summed E-state index contributed by atoms with van der Waals surface area (Å²) in [4.78, 5) is 26.6. The van der Waals surface area contributed by atoms with Crippen molar-refractivity contribution in [3.05, 3.63) is 102 Å². The number of hydrogen-bond donors (Lipinski definition) is 2. The van der Waals surface area contributed by atoms with Crippen LogP contribution in [-0.4, -0.2) is 54.7 Å². The number of carbonyl (C=O) groups is 1. The number of hydrogen-bond acceptors (Lipinski definition) is 7. The van der Waals surface area contributed by atoms with Gasteiger partial charge in [-0.1, -0.05) is 18.2 Å². The van der Waals surface area contributed by atoms with Crippen LogP contribution in [0.1, 0.15) is 29.7 Å². The zero-order valence-corrected chi connectivity index (χ0v) is 25.3. The molecule has 0 radical (unpaired) electrons. The Kier molecular flexibility index (Phi) is 9.22. The molecule has 2 aromatic heterocycles. The number of amides is 2. The van der Waals surface area contributed by atoms with Crippen molar-refractivity contribution in [3.8, 4) is 11.6 Å². The molecule has 0 aliphatic carbocycles. The molecular weight excluding hydrogens is 564 g/mol. The maximum atomic E-state index is 13.5. The molecule has 11 heteroatoms. The van der Waals surface area contributed by atoms with Crippen LogP contribution in [0.5, 0.6) is 11.6 Å². The molecule has 0 unspecified atom stereocenters. The van der Waals surface area contributed by atoms with Gasteiger partial charge in [-0.3, -0.25) is 19.5 Å². The van der Waals surface area contributed by atoms with Crippen molar-refractivity contribution in [1.82, 2.24) is 14.9 Å². The maximum Gasteiger partial charge on any atom is 0.326 e. The summed E-state index contributed by atoms with van der Waals surface area (Å²) in [6, 6.07) is 22.2. The molecule has 1 aliphatic heterocycles. The fourth-order valence-corrected chi connectivity index (χ4v) is 5.65. The number of aromatic nitrogens is 2. The predicted molar refractivity (Wildman–Crippen MR) is 169 cm³/mol. The van der Waals surface area contributed by atoms with Gasteiger partial charge in [0.15, 0.2) is 0 Å². The van der Waals surface area contributed by atoms with Crippen molar-refractivity contribution < 1.29 is 17.9 Å². The highest BCUT2D eigenvalue weighted by atomic mass is 32.2. The number of urea groups is 1. The molecule has 1 fully saturated rings. The molecule has 0 bridgehead atoms. The van der Waals surface area contributed by atoms with E-state index in [1.54, 1.807) is 30.5 Å². The van der Waals surface area contributed by atoms with E-state index in [-0.39, 0.29) is 12.1 Å². The fraction of sp³-hybridized carbons (Fsp3) is 0.281. The molecule has 5 rings (SSSR count). The highest BCUT2D eigenvalue weighted by Gasteiger charge is 2.29. The van der Waals surface area contributed by atoms with Gasteiger partial charge in [0.1, 0.15) is 5.75 Å². The van der Waals surface area contributed by atoms with Crippen molar-refractivity contribution in [2.24, 2.45) is 0 Å². The number of likely N-dealkylation sites (tertiary alicyclic amines) is 1. The van der Waals surface area contributed by atoms with E-state index in [0.717, 1.165) is 61.2 Å². The normalized spacial score (nSPS) is 14.2. The maximum absolute atomic E-state index is 13.5. The standard InChI is InChI=1S/C32H36N6O4S/c1-23-5-4-6-29(19-23)38(32(39)35-27-9-7-24(2)33-21-27)28-15-17-37(18-16-28)22-25-8-14-31(34-20-25)42-30-12-10-26(11-13-30)36-43(3,40)41/h4-14,19-21,28,36H,15-18,22H2,1-3H3,(H,35,39). The smallest absolute Gasteiger partial charge is 0.326 e. The summed E-state index contributed by atoms with van der Waals surface area (Å²) >= 11 is 0. The number of anilines is 3. The number of piperidine rings is 1. The van der Waals surface area contributed by atoms with Gasteiger partial charge in [0, 0.05) is 55.0 Å². The van der Waals surface area contributed by atoms with E-state index in [2.05, 4.69) is 31.0 Å². The van der Waals surface area contributed by atoms with Crippen molar-refractivity contribution in [1.29, 1.82) is 0 Å². The number of sulfonamides is 1. The summed E-state index contributed by atoms with van der Waals surface area (Å²) in [5.74, 6) is 1.01. The van der Waals surface area contributed by atoms with Gasteiger partial charge in [-0.05, 0) is 86.3 Å². The third-order valence-electron chi connectivity index (χ3n) is 7.17. The zero-order chi connectivity index (χ0) is 30.4. The second-order valence-corrected chi connectivity index (χ2v) is 12.6. The quantitative estimate of drug-likeness (QED) is 0.243. The number of ether oxygens (including phenoxy) is 1. The number of aryl methyl sites for hydroxylation is 2. The average Bonchev–Trinajstić information content (AvgIpc) is 2.97. The molecule has 43 heavy (non-hydrogen) atoms.